The Morgan fingerprint density at radius 2 is 1.97 bits per heavy atom. The third kappa shape index (κ3) is 3.24. The summed E-state index contributed by atoms with van der Waals surface area (Å²) in [5, 5.41) is 3.65. The molecule has 29 heavy (non-hydrogen) atoms. The zero-order valence-corrected chi connectivity index (χ0v) is 16.2. The van der Waals surface area contributed by atoms with Gasteiger partial charge in [0.05, 0.1) is 6.04 Å². The Balaban J connectivity index is 1.46. The minimum absolute atomic E-state index is 0.0152. The van der Waals surface area contributed by atoms with Gasteiger partial charge < -0.3 is 4.74 Å². The molecule has 0 aromatic heterocycles. The number of morpholine rings is 1. The number of carbonyl (C=O) groups excluding carboxylic acids is 2. The normalized spacial score (nSPS) is 33.5. The van der Waals surface area contributed by atoms with E-state index in [1.54, 1.807) is 0 Å². The molecule has 0 radical (unpaired) electrons. The van der Waals surface area contributed by atoms with Crippen LogP contribution in [-0.4, -0.2) is 47.9 Å². The molecule has 1 aromatic rings. The summed E-state index contributed by atoms with van der Waals surface area (Å²) in [5.41, 5.74) is 10.9. The Bertz CT molecular complexity index is 904. The molecule has 2 heterocycles. The Labute approximate surface area is 169 Å². The lowest BCUT2D eigenvalue weighted by Gasteiger charge is -2.43. The van der Waals surface area contributed by atoms with Crippen LogP contribution in [0.3, 0.4) is 0 Å². The van der Waals surface area contributed by atoms with E-state index in [4.69, 9.17) is 10.3 Å². The number of ketones is 1. The van der Waals surface area contributed by atoms with Crippen molar-refractivity contribution in [1.29, 1.82) is 0 Å². The molecule has 0 unspecified atom stereocenters. The average Bonchev–Trinajstić information content (AvgIpc) is 3.40. The summed E-state index contributed by atoms with van der Waals surface area (Å²) in [6.45, 7) is 0.935. The number of allylic oxidation sites excluding steroid dienone is 1. The summed E-state index contributed by atoms with van der Waals surface area (Å²) in [6.07, 6.45) is 4.80. The van der Waals surface area contributed by atoms with Crippen LogP contribution < -0.4 is 0 Å². The van der Waals surface area contributed by atoms with Crippen LogP contribution in [0.25, 0.3) is 10.4 Å². The van der Waals surface area contributed by atoms with Gasteiger partial charge in [0.1, 0.15) is 12.1 Å². The second-order valence-electron chi connectivity index (χ2n) is 8.60. The summed E-state index contributed by atoms with van der Waals surface area (Å²) >= 11 is 0. The minimum atomic E-state index is -0.348. The smallest absolute Gasteiger partial charge is 0.324 e. The minimum Gasteiger partial charge on any atom is -0.460 e. The maximum Gasteiger partial charge on any atom is 0.324 e. The van der Waals surface area contributed by atoms with Gasteiger partial charge in [0.25, 0.3) is 0 Å². The molecule has 3 fully saturated rings. The molecular weight excluding hydrogens is 368 g/mol. The lowest BCUT2D eigenvalue weighted by atomic mass is 9.80. The summed E-state index contributed by atoms with van der Waals surface area (Å²) in [6, 6.07) is 9.62. The molecule has 2 aliphatic heterocycles. The third-order valence-corrected chi connectivity index (χ3v) is 6.89. The van der Waals surface area contributed by atoms with E-state index in [0.717, 1.165) is 24.0 Å². The zero-order valence-electron chi connectivity index (χ0n) is 16.2. The lowest BCUT2D eigenvalue weighted by Crippen LogP contribution is -2.59. The topological polar surface area (TPSA) is 95.4 Å². The highest BCUT2D eigenvalue weighted by molar-refractivity contribution is 5.97. The summed E-state index contributed by atoms with van der Waals surface area (Å²) in [4.78, 5) is 30.7. The number of esters is 1. The monoisotopic (exact) mass is 392 g/mol. The maximum atomic E-state index is 12.9. The number of nitrogens with zero attached hydrogens (tertiary/aromatic N) is 4. The first-order valence-electron chi connectivity index (χ1n) is 10.4. The first-order valence-corrected chi connectivity index (χ1v) is 10.4. The predicted molar refractivity (Wildman–Crippen MR) is 106 cm³/mol. The number of fused-ring (bicyclic) bond motifs is 3. The second-order valence-corrected chi connectivity index (χ2v) is 8.60. The highest BCUT2D eigenvalue weighted by Gasteiger charge is 2.59. The van der Waals surface area contributed by atoms with E-state index in [2.05, 4.69) is 14.9 Å². The Kier molecular flexibility index (Phi) is 4.64. The van der Waals surface area contributed by atoms with Crippen LogP contribution in [0, 0.1) is 17.8 Å². The second kappa shape index (κ2) is 7.32. The number of carbonyl (C=O) groups is 2. The van der Waals surface area contributed by atoms with Gasteiger partial charge in [-0.25, -0.2) is 0 Å². The Hall–Kier alpha value is -2.63. The molecule has 7 heteroatoms. The third-order valence-electron chi connectivity index (χ3n) is 6.89. The van der Waals surface area contributed by atoms with E-state index >= 15 is 0 Å². The van der Waals surface area contributed by atoms with E-state index < -0.39 is 0 Å². The average molecular weight is 392 g/mol. The van der Waals surface area contributed by atoms with Gasteiger partial charge >= 0.3 is 5.97 Å². The molecule has 7 nitrogen and oxygen atoms in total. The quantitative estimate of drug-likeness (QED) is 0.322. The van der Waals surface area contributed by atoms with E-state index in [1.807, 2.05) is 36.4 Å². The van der Waals surface area contributed by atoms with Gasteiger partial charge in [-0.1, -0.05) is 35.4 Å². The van der Waals surface area contributed by atoms with Gasteiger partial charge in [0.2, 0.25) is 0 Å². The number of hydrogen-bond donors (Lipinski definition) is 0. The largest absolute Gasteiger partial charge is 0.460 e. The molecule has 5 atom stereocenters. The van der Waals surface area contributed by atoms with Gasteiger partial charge in [0.15, 0.2) is 5.78 Å². The van der Waals surface area contributed by atoms with Crippen molar-refractivity contribution in [2.45, 2.75) is 43.9 Å². The summed E-state index contributed by atoms with van der Waals surface area (Å²) < 4.78 is 5.92. The summed E-state index contributed by atoms with van der Waals surface area (Å²) in [7, 11) is 0. The van der Waals surface area contributed by atoms with E-state index in [1.165, 1.54) is 0 Å². The number of ether oxygens (including phenoxy) is 1. The first-order chi connectivity index (χ1) is 14.2. The van der Waals surface area contributed by atoms with Crippen LogP contribution in [-0.2, 0) is 20.7 Å². The first kappa shape index (κ1) is 18.4. The number of cyclic esters (lactones) is 1. The summed E-state index contributed by atoms with van der Waals surface area (Å²) in [5.74, 6) is 0.640. The molecule has 2 aliphatic carbocycles. The fourth-order valence-electron chi connectivity index (χ4n) is 5.56. The Morgan fingerprint density at radius 1 is 1.17 bits per heavy atom. The van der Waals surface area contributed by atoms with Gasteiger partial charge in [-0.2, -0.15) is 0 Å². The molecule has 0 bridgehead atoms. The standard InChI is InChI=1S/C22H24N4O3/c23-25-24-9-8-18-21-20-15(11-17(27)19(20)14-6-7-14)12-26(21)16(22(28)29-18)10-13-4-2-1-3-5-13/h1-5,11,14,16,18-21H,6-10,12H2/t16-,18-,19-,20-,21-/m0/s1. The number of azide groups is 1. The molecule has 2 saturated heterocycles. The lowest BCUT2D eigenvalue weighted by molar-refractivity contribution is -0.174. The van der Waals surface area contributed by atoms with Crippen LogP contribution in [0.2, 0.25) is 0 Å². The van der Waals surface area contributed by atoms with Crippen molar-refractivity contribution in [2.24, 2.45) is 22.9 Å². The van der Waals surface area contributed by atoms with Crippen LogP contribution >= 0.6 is 0 Å². The van der Waals surface area contributed by atoms with Gasteiger partial charge in [-0.05, 0) is 54.3 Å². The zero-order chi connectivity index (χ0) is 20.0. The van der Waals surface area contributed by atoms with Gasteiger partial charge in [-0.3, -0.25) is 14.5 Å². The van der Waals surface area contributed by atoms with Crippen molar-refractivity contribution < 1.29 is 14.3 Å². The van der Waals surface area contributed by atoms with Crippen molar-refractivity contribution in [2.75, 3.05) is 13.1 Å². The van der Waals surface area contributed by atoms with Gasteiger partial charge in [0, 0.05) is 29.8 Å². The fourth-order valence-corrected chi connectivity index (χ4v) is 5.56. The predicted octanol–water partition coefficient (Wildman–Crippen LogP) is 3.06. The van der Waals surface area contributed by atoms with Crippen molar-refractivity contribution in [3.8, 4) is 0 Å². The molecule has 0 spiro atoms. The van der Waals surface area contributed by atoms with Crippen LogP contribution in [0.1, 0.15) is 24.8 Å². The van der Waals surface area contributed by atoms with E-state index in [0.29, 0.717) is 25.3 Å². The molecule has 4 aliphatic rings. The number of rotatable bonds is 6. The van der Waals surface area contributed by atoms with Crippen molar-refractivity contribution in [1.82, 2.24) is 4.90 Å². The van der Waals surface area contributed by atoms with E-state index in [9.17, 15) is 9.59 Å². The molecule has 1 aromatic carbocycles. The fraction of sp³-hybridized carbons (Fsp3) is 0.545. The highest BCUT2D eigenvalue weighted by Crippen LogP contribution is 2.53. The molecular formula is C22H24N4O3. The highest BCUT2D eigenvalue weighted by atomic mass is 16.6. The number of hydrogen-bond acceptors (Lipinski definition) is 5. The van der Waals surface area contributed by atoms with Crippen LogP contribution in [0.4, 0.5) is 0 Å². The van der Waals surface area contributed by atoms with Crippen LogP contribution in [0.15, 0.2) is 47.1 Å². The van der Waals surface area contributed by atoms with E-state index in [-0.39, 0.29) is 48.3 Å². The SMILES string of the molecule is [N-]=[N+]=NCC[C@@H]1OC(=O)[C@H](Cc2ccccc2)N2CC3=CC(=O)[C@H](C4CC4)[C@H]3[C@H]12. The van der Waals surface area contributed by atoms with Crippen LogP contribution in [0.5, 0.6) is 0 Å². The molecule has 5 rings (SSSR count). The molecule has 150 valence electrons. The Morgan fingerprint density at radius 3 is 2.69 bits per heavy atom. The molecule has 1 saturated carbocycles. The van der Waals surface area contributed by atoms with Gasteiger partial charge in [-0.15, -0.1) is 0 Å². The number of benzene rings is 1. The van der Waals surface area contributed by atoms with Crippen molar-refractivity contribution in [3.05, 3.63) is 58.0 Å². The molecule has 0 N–H and O–H groups in total. The maximum absolute atomic E-state index is 12.9. The van der Waals surface area contributed by atoms with Crippen molar-refractivity contribution in [3.63, 3.8) is 0 Å². The molecule has 0 amide bonds. The van der Waals surface area contributed by atoms with Crippen molar-refractivity contribution >= 4 is 11.8 Å².